The number of hydrogen-bond acceptors (Lipinski definition) is 3. The number of hydrogen-bond donors (Lipinski definition) is 2. The summed E-state index contributed by atoms with van der Waals surface area (Å²) in [6.45, 7) is 1.42. The van der Waals surface area contributed by atoms with Crippen LogP contribution in [0.1, 0.15) is 19.3 Å². The summed E-state index contributed by atoms with van der Waals surface area (Å²) < 4.78 is 0. The average Bonchev–Trinajstić information content (AvgIpc) is 2.28. The molecule has 0 saturated carbocycles. The Morgan fingerprint density at radius 1 is 1.44 bits per heavy atom. The Kier molecular flexibility index (Phi) is 5.21. The van der Waals surface area contributed by atoms with E-state index in [-0.39, 0.29) is 5.91 Å². The highest BCUT2D eigenvalue weighted by atomic mass is 79.9. The Morgan fingerprint density at radius 3 is 2.44 bits per heavy atom. The lowest BCUT2D eigenvalue weighted by Gasteiger charge is -2.32. The van der Waals surface area contributed by atoms with E-state index in [2.05, 4.69) is 15.9 Å². The van der Waals surface area contributed by atoms with Gasteiger partial charge in [-0.2, -0.15) is 0 Å². The molecule has 1 heterocycles. The molecule has 3 N–H and O–H groups in total. The van der Waals surface area contributed by atoms with Gasteiger partial charge in [0.1, 0.15) is 6.04 Å². The maximum Gasteiger partial charge on any atom is 0.320 e. The van der Waals surface area contributed by atoms with Gasteiger partial charge in [0.25, 0.3) is 0 Å². The van der Waals surface area contributed by atoms with Crippen molar-refractivity contribution in [2.75, 3.05) is 18.4 Å². The highest BCUT2D eigenvalue weighted by Crippen LogP contribution is 2.21. The largest absolute Gasteiger partial charge is 0.480 e. The molecule has 0 radical (unpaired) electrons. The predicted octanol–water partition coefficient (Wildman–Crippen LogP) is 0.422. The molecule has 0 aliphatic carbocycles. The summed E-state index contributed by atoms with van der Waals surface area (Å²) in [6, 6.07) is -0.775. The van der Waals surface area contributed by atoms with Crippen LogP contribution in [0.4, 0.5) is 0 Å². The minimum atomic E-state index is -0.945. The number of halogens is 1. The number of carbonyl (C=O) groups excluding carboxylic acids is 1. The monoisotopic (exact) mass is 292 g/mol. The van der Waals surface area contributed by atoms with E-state index in [1.54, 1.807) is 4.90 Å². The lowest BCUT2D eigenvalue weighted by molar-refractivity contribution is -0.139. The van der Waals surface area contributed by atoms with Gasteiger partial charge in [-0.3, -0.25) is 9.59 Å². The van der Waals surface area contributed by atoms with Crippen LogP contribution in [-0.4, -0.2) is 46.3 Å². The lowest BCUT2D eigenvalue weighted by Crippen LogP contribution is -2.41. The number of carboxylic acids is 1. The number of likely N-dealkylation sites (tertiary alicyclic amines) is 1. The minimum absolute atomic E-state index is 0.0981. The standard InChI is InChI=1S/C10H17BrN2O3/c11-6-9(14)13-3-1-7(2-4-13)5-8(12)10(15)16/h7-8H,1-6,12H2,(H,15,16). The Labute approximate surface area is 103 Å². The number of alkyl halides is 1. The zero-order chi connectivity index (χ0) is 12.1. The minimum Gasteiger partial charge on any atom is -0.480 e. The molecule has 92 valence electrons. The van der Waals surface area contributed by atoms with Crippen molar-refractivity contribution in [3.05, 3.63) is 0 Å². The second-order valence-electron chi connectivity index (χ2n) is 4.14. The van der Waals surface area contributed by atoms with Crippen molar-refractivity contribution in [2.24, 2.45) is 11.7 Å². The van der Waals surface area contributed by atoms with Gasteiger partial charge in [-0.15, -0.1) is 0 Å². The molecule has 1 fully saturated rings. The molecule has 1 aliphatic rings. The van der Waals surface area contributed by atoms with Crippen molar-refractivity contribution in [1.29, 1.82) is 0 Å². The summed E-state index contributed by atoms with van der Waals surface area (Å²) in [7, 11) is 0. The molecule has 1 rings (SSSR count). The topological polar surface area (TPSA) is 83.6 Å². The number of carbonyl (C=O) groups is 2. The van der Waals surface area contributed by atoms with E-state index < -0.39 is 12.0 Å². The van der Waals surface area contributed by atoms with E-state index in [0.717, 1.165) is 12.8 Å². The van der Waals surface area contributed by atoms with Crippen molar-refractivity contribution in [3.63, 3.8) is 0 Å². The SMILES string of the molecule is NC(CC1CCN(C(=O)CBr)CC1)C(=O)O. The molecule has 5 nitrogen and oxygen atoms in total. The molecule has 1 aliphatic heterocycles. The second-order valence-corrected chi connectivity index (χ2v) is 4.70. The predicted molar refractivity (Wildman–Crippen MR) is 63.3 cm³/mol. The van der Waals surface area contributed by atoms with E-state index in [0.29, 0.717) is 30.8 Å². The molecule has 1 unspecified atom stereocenters. The number of aliphatic carboxylic acids is 1. The molecule has 0 bridgehead atoms. The van der Waals surface area contributed by atoms with Crippen LogP contribution < -0.4 is 5.73 Å². The van der Waals surface area contributed by atoms with Gasteiger partial charge in [-0.1, -0.05) is 15.9 Å². The van der Waals surface area contributed by atoms with Crippen LogP contribution in [0.2, 0.25) is 0 Å². The maximum atomic E-state index is 11.4. The number of rotatable bonds is 4. The van der Waals surface area contributed by atoms with Crippen LogP contribution in [0.25, 0.3) is 0 Å². The Hall–Kier alpha value is -0.620. The molecule has 1 atom stereocenters. The van der Waals surface area contributed by atoms with Crippen LogP contribution in [0.15, 0.2) is 0 Å². The number of piperidine rings is 1. The maximum absolute atomic E-state index is 11.4. The van der Waals surface area contributed by atoms with Crippen molar-refractivity contribution in [1.82, 2.24) is 4.90 Å². The van der Waals surface area contributed by atoms with Crippen molar-refractivity contribution < 1.29 is 14.7 Å². The Balaban J connectivity index is 2.32. The fraction of sp³-hybridized carbons (Fsp3) is 0.800. The third kappa shape index (κ3) is 3.75. The molecular weight excluding hydrogens is 276 g/mol. The third-order valence-corrected chi connectivity index (χ3v) is 3.47. The molecule has 6 heteroatoms. The average molecular weight is 293 g/mol. The van der Waals surface area contributed by atoms with E-state index in [1.165, 1.54) is 0 Å². The van der Waals surface area contributed by atoms with E-state index >= 15 is 0 Å². The molecule has 16 heavy (non-hydrogen) atoms. The van der Waals surface area contributed by atoms with Crippen LogP contribution >= 0.6 is 15.9 Å². The number of nitrogens with zero attached hydrogens (tertiary/aromatic N) is 1. The van der Waals surface area contributed by atoms with Crippen LogP contribution in [-0.2, 0) is 9.59 Å². The summed E-state index contributed by atoms with van der Waals surface area (Å²) in [6.07, 6.45) is 2.20. The van der Waals surface area contributed by atoms with Gasteiger partial charge >= 0.3 is 5.97 Å². The normalized spacial score (nSPS) is 19.5. The number of nitrogens with two attached hydrogens (primary N) is 1. The van der Waals surface area contributed by atoms with Gasteiger partial charge in [0.05, 0.1) is 5.33 Å². The fourth-order valence-electron chi connectivity index (χ4n) is 1.96. The molecule has 0 aromatic rings. The molecule has 1 amide bonds. The van der Waals surface area contributed by atoms with Gasteiger partial charge in [0.2, 0.25) is 5.91 Å². The molecule has 1 saturated heterocycles. The number of carboxylic acid groups (broad SMARTS) is 1. The first-order chi connectivity index (χ1) is 7.54. The second kappa shape index (κ2) is 6.20. The first kappa shape index (κ1) is 13.4. The summed E-state index contributed by atoms with van der Waals surface area (Å²) in [4.78, 5) is 23.8. The van der Waals surface area contributed by atoms with E-state index in [1.807, 2.05) is 0 Å². The first-order valence-corrected chi connectivity index (χ1v) is 6.49. The van der Waals surface area contributed by atoms with Crippen molar-refractivity contribution in [3.8, 4) is 0 Å². The summed E-state index contributed by atoms with van der Waals surface area (Å²) in [5, 5.41) is 9.05. The lowest BCUT2D eigenvalue weighted by atomic mass is 9.90. The van der Waals surface area contributed by atoms with Crippen LogP contribution in [0.3, 0.4) is 0 Å². The Morgan fingerprint density at radius 2 is 2.00 bits per heavy atom. The summed E-state index contributed by atoms with van der Waals surface area (Å²) in [5.74, 6) is -0.523. The van der Waals surface area contributed by atoms with Gasteiger partial charge in [-0.05, 0) is 25.2 Å². The quantitative estimate of drug-likeness (QED) is 0.736. The molecular formula is C10H17BrN2O3. The van der Waals surface area contributed by atoms with Gasteiger partial charge < -0.3 is 15.7 Å². The van der Waals surface area contributed by atoms with E-state index in [9.17, 15) is 9.59 Å². The van der Waals surface area contributed by atoms with Crippen molar-refractivity contribution in [2.45, 2.75) is 25.3 Å². The van der Waals surface area contributed by atoms with Crippen molar-refractivity contribution >= 4 is 27.8 Å². The molecule has 0 aromatic carbocycles. The van der Waals surface area contributed by atoms with Gasteiger partial charge in [-0.25, -0.2) is 0 Å². The highest BCUT2D eigenvalue weighted by Gasteiger charge is 2.25. The smallest absolute Gasteiger partial charge is 0.320 e. The third-order valence-electron chi connectivity index (χ3n) is 2.99. The molecule has 0 aromatic heterocycles. The zero-order valence-electron chi connectivity index (χ0n) is 9.06. The summed E-state index contributed by atoms with van der Waals surface area (Å²) in [5.41, 5.74) is 5.48. The van der Waals surface area contributed by atoms with E-state index in [4.69, 9.17) is 10.8 Å². The highest BCUT2D eigenvalue weighted by molar-refractivity contribution is 9.09. The Bertz CT molecular complexity index is 265. The van der Waals surface area contributed by atoms with Gasteiger partial charge in [0.15, 0.2) is 0 Å². The fourth-order valence-corrected chi connectivity index (χ4v) is 2.32. The van der Waals surface area contributed by atoms with Crippen LogP contribution in [0.5, 0.6) is 0 Å². The molecule has 0 spiro atoms. The first-order valence-electron chi connectivity index (χ1n) is 5.36. The number of amides is 1. The van der Waals surface area contributed by atoms with Gasteiger partial charge in [0, 0.05) is 13.1 Å². The zero-order valence-corrected chi connectivity index (χ0v) is 10.6. The summed E-state index contributed by atoms with van der Waals surface area (Å²) >= 11 is 3.14. The van der Waals surface area contributed by atoms with Crippen LogP contribution in [0, 0.1) is 5.92 Å².